The third-order valence-electron chi connectivity index (χ3n) is 5.70. The van der Waals surface area contributed by atoms with Crippen molar-refractivity contribution in [3.05, 3.63) is 114 Å². The Bertz CT molecular complexity index is 1140. The summed E-state index contributed by atoms with van der Waals surface area (Å²) >= 11 is 0. The summed E-state index contributed by atoms with van der Waals surface area (Å²) in [5.41, 5.74) is 6.04. The molecule has 4 aromatic rings. The van der Waals surface area contributed by atoms with Gasteiger partial charge in [-0.3, -0.25) is 0 Å². The van der Waals surface area contributed by atoms with E-state index in [1.807, 2.05) is 30.3 Å². The number of halogens is 2. The summed E-state index contributed by atoms with van der Waals surface area (Å²) in [5, 5.41) is 0. The smallest absolute Gasteiger partial charge is 0.190 e. The third-order valence-corrected chi connectivity index (χ3v) is 5.70. The van der Waals surface area contributed by atoms with Gasteiger partial charge in [0, 0.05) is 0 Å². The molecule has 0 bridgehead atoms. The van der Waals surface area contributed by atoms with Gasteiger partial charge in [-0.05, 0) is 64.8 Å². The molecule has 1 atom stereocenters. The van der Waals surface area contributed by atoms with Gasteiger partial charge in [0.15, 0.2) is 17.4 Å². The summed E-state index contributed by atoms with van der Waals surface area (Å²) in [7, 11) is 0. The molecule has 1 nitrogen and oxygen atoms in total. The van der Waals surface area contributed by atoms with Crippen LogP contribution in [0.25, 0.3) is 22.3 Å². The average Bonchev–Trinajstić information content (AvgIpc) is 2.82. The average molecular weight is 429 g/mol. The Kier molecular flexibility index (Phi) is 6.65. The first-order valence-electron chi connectivity index (χ1n) is 10.9. The third kappa shape index (κ3) is 4.88. The number of ether oxygens (including phenoxy) is 1. The van der Waals surface area contributed by atoms with E-state index < -0.39 is 11.6 Å². The lowest BCUT2D eigenvalue weighted by Crippen LogP contribution is -1.98. The van der Waals surface area contributed by atoms with Gasteiger partial charge in [0.05, 0.1) is 6.61 Å². The highest BCUT2D eigenvalue weighted by Gasteiger charge is 2.13. The fourth-order valence-corrected chi connectivity index (χ4v) is 3.95. The summed E-state index contributed by atoms with van der Waals surface area (Å²) < 4.78 is 33.4. The highest BCUT2D eigenvalue weighted by Crippen LogP contribution is 2.31. The van der Waals surface area contributed by atoms with Gasteiger partial charge >= 0.3 is 0 Å². The molecule has 4 aromatic carbocycles. The molecule has 0 radical (unpaired) electrons. The highest BCUT2D eigenvalue weighted by atomic mass is 19.1. The van der Waals surface area contributed by atoms with Crippen LogP contribution in [0.1, 0.15) is 30.9 Å². The van der Waals surface area contributed by atoms with Gasteiger partial charge in [0.25, 0.3) is 0 Å². The highest BCUT2D eigenvalue weighted by molar-refractivity contribution is 5.71. The van der Waals surface area contributed by atoms with Crippen LogP contribution >= 0.6 is 0 Å². The van der Waals surface area contributed by atoms with Crippen LogP contribution in [-0.2, 0) is 6.42 Å². The van der Waals surface area contributed by atoms with Crippen molar-refractivity contribution in [2.24, 2.45) is 0 Å². The predicted molar refractivity (Wildman–Crippen MR) is 127 cm³/mol. The molecule has 0 aliphatic rings. The molecule has 0 aliphatic heterocycles. The fourth-order valence-electron chi connectivity index (χ4n) is 3.95. The quantitative estimate of drug-likeness (QED) is 0.289. The molecule has 3 heteroatoms. The van der Waals surface area contributed by atoms with E-state index in [1.165, 1.54) is 23.3 Å². The van der Waals surface area contributed by atoms with Crippen LogP contribution in [0.4, 0.5) is 8.78 Å². The number of benzene rings is 4. The topological polar surface area (TPSA) is 9.23 Å². The van der Waals surface area contributed by atoms with Gasteiger partial charge in [0.2, 0.25) is 0 Å². The van der Waals surface area contributed by atoms with Gasteiger partial charge in [-0.2, -0.15) is 0 Å². The molecule has 0 spiro atoms. The maximum atomic E-state index is 14.2. The zero-order valence-corrected chi connectivity index (χ0v) is 18.3. The Morgan fingerprint density at radius 3 is 1.72 bits per heavy atom. The molecule has 0 heterocycles. The molecule has 32 heavy (non-hydrogen) atoms. The van der Waals surface area contributed by atoms with Crippen LogP contribution in [0, 0.1) is 11.6 Å². The molecule has 0 amide bonds. The lowest BCUT2D eigenvalue weighted by Gasteiger charge is -2.12. The molecule has 0 aliphatic carbocycles. The van der Waals surface area contributed by atoms with Gasteiger partial charge in [-0.1, -0.05) is 85.8 Å². The minimum Gasteiger partial charge on any atom is -0.488 e. The molecular weight excluding hydrogens is 402 g/mol. The first-order chi connectivity index (χ1) is 15.5. The standard InChI is InChI=1S/C29H26F2O/c1-3-32-29-27(30)18-26(19-28(29)31)25-15-13-24(14-16-25)23-11-9-21(10-12-23)17-20(2)22-7-5-4-6-8-22/h4-16,18-20H,3,17H2,1-2H3/t20-/m0/s1. The van der Waals surface area contributed by atoms with E-state index in [0.29, 0.717) is 11.5 Å². The van der Waals surface area contributed by atoms with E-state index in [0.717, 1.165) is 23.1 Å². The summed E-state index contributed by atoms with van der Waals surface area (Å²) in [4.78, 5) is 0. The lowest BCUT2D eigenvalue weighted by atomic mass is 9.92. The number of hydrogen-bond acceptors (Lipinski definition) is 1. The minimum absolute atomic E-state index is 0.214. The molecule has 0 saturated carbocycles. The maximum absolute atomic E-state index is 14.2. The first kappa shape index (κ1) is 21.8. The molecule has 0 aromatic heterocycles. The lowest BCUT2D eigenvalue weighted by molar-refractivity contribution is 0.303. The van der Waals surface area contributed by atoms with E-state index in [9.17, 15) is 8.78 Å². The molecule has 0 saturated heterocycles. The fraction of sp³-hybridized carbons (Fsp3) is 0.172. The van der Waals surface area contributed by atoms with Gasteiger partial charge in [-0.25, -0.2) is 8.78 Å². The Hall–Kier alpha value is -3.46. The van der Waals surface area contributed by atoms with Crippen molar-refractivity contribution in [3.63, 3.8) is 0 Å². The van der Waals surface area contributed by atoms with E-state index in [-0.39, 0.29) is 12.4 Å². The second-order valence-electron chi connectivity index (χ2n) is 7.99. The van der Waals surface area contributed by atoms with Crippen LogP contribution in [0.5, 0.6) is 5.75 Å². The van der Waals surface area contributed by atoms with Crippen LogP contribution in [0.15, 0.2) is 91.0 Å². The minimum atomic E-state index is -0.689. The molecule has 162 valence electrons. The monoisotopic (exact) mass is 428 g/mol. The van der Waals surface area contributed by atoms with Crippen LogP contribution < -0.4 is 4.74 Å². The van der Waals surface area contributed by atoms with Crippen LogP contribution in [0.2, 0.25) is 0 Å². The number of hydrogen-bond donors (Lipinski definition) is 0. The van der Waals surface area contributed by atoms with Crippen molar-refractivity contribution >= 4 is 0 Å². The molecule has 0 unspecified atom stereocenters. The SMILES string of the molecule is CCOc1c(F)cc(-c2ccc(-c3ccc(C[C@H](C)c4ccccc4)cc3)cc2)cc1F. The van der Waals surface area contributed by atoms with E-state index in [4.69, 9.17) is 4.74 Å². The Morgan fingerprint density at radius 1 is 0.688 bits per heavy atom. The Labute approximate surface area is 188 Å². The normalized spacial score (nSPS) is 11.9. The van der Waals surface area contributed by atoms with Crippen molar-refractivity contribution in [2.75, 3.05) is 6.61 Å². The van der Waals surface area contributed by atoms with E-state index in [2.05, 4.69) is 55.5 Å². The van der Waals surface area contributed by atoms with Crippen molar-refractivity contribution in [2.45, 2.75) is 26.2 Å². The summed E-state index contributed by atoms with van der Waals surface area (Å²) in [5.74, 6) is -1.25. The Balaban J connectivity index is 1.48. The Morgan fingerprint density at radius 2 is 1.19 bits per heavy atom. The maximum Gasteiger partial charge on any atom is 0.190 e. The van der Waals surface area contributed by atoms with Gasteiger partial charge < -0.3 is 4.74 Å². The second-order valence-corrected chi connectivity index (χ2v) is 7.99. The second kappa shape index (κ2) is 9.78. The zero-order chi connectivity index (χ0) is 22.5. The summed E-state index contributed by atoms with van der Waals surface area (Å²) in [6, 6.07) is 29.5. The van der Waals surface area contributed by atoms with Crippen LogP contribution in [0.3, 0.4) is 0 Å². The van der Waals surface area contributed by atoms with Crippen molar-refractivity contribution < 1.29 is 13.5 Å². The predicted octanol–water partition coefficient (Wildman–Crippen LogP) is 8.04. The molecular formula is C29H26F2O. The molecule has 0 N–H and O–H groups in total. The van der Waals surface area contributed by atoms with Gasteiger partial charge in [-0.15, -0.1) is 0 Å². The van der Waals surface area contributed by atoms with Crippen molar-refractivity contribution in [3.8, 4) is 28.0 Å². The van der Waals surface area contributed by atoms with E-state index in [1.54, 1.807) is 6.92 Å². The molecule has 4 rings (SSSR count). The summed E-state index contributed by atoms with van der Waals surface area (Å²) in [6.45, 7) is 4.16. The first-order valence-corrected chi connectivity index (χ1v) is 10.9. The summed E-state index contributed by atoms with van der Waals surface area (Å²) in [6.07, 6.45) is 0.984. The molecule has 0 fully saturated rings. The van der Waals surface area contributed by atoms with E-state index >= 15 is 0 Å². The van der Waals surface area contributed by atoms with Gasteiger partial charge in [0.1, 0.15) is 0 Å². The van der Waals surface area contributed by atoms with Crippen molar-refractivity contribution in [1.29, 1.82) is 0 Å². The largest absolute Gasteiger partial charge is 0.488 e. The number of rotatable bonds is 7. The van der Waals surface area contributed by atoms with Crippen LogP contribution in [-0.4, -0.2) is 6.61 Å². The van der Waals surface area contributed by atoms with Crippen molar-refractivity contribution in [1.82, 2.24) is 0 Å². The zero-order valence-electron chi connectivity index (χ0n) is 18.3.